The molecule has 2 nitrogen and oxygen atoms in total. The summed E-state index contributed by atoms with van der Waals surface area (Å²) in [5.74, 6) is 0.704. The van der Waals surface area contributed by atoms with E-state index >= 15 is 0 Å². The minimum Gasteiger partial charge on any atom is -0.469 e. The molecule has 8 aliphatic rings. The zero-order chi connectivity index (χ0) is 32.8. The van der Waals surface area contributed by atoms with E-state index in [0.717, 1.165) is 32.1 Å². The van der Waals surface area contributed by atoms with Gasteiger partial charge in [0.25, 0.3) is 0 Å². The quantitative estimate of drug-likeness (QED) is 0.134. The topological polar surface area (TPSA) is 26.3 Å². The van der Waals surface area contributed by atoms with Crippen LogP contribution < -0.4 is 5.22 Å². The van der Waals surface area contributed by atoms with Gasteiger partial charge >= 0.3 is 5.97 Å². The van der Waals surface area contributed by atoms with Crippen molar-refractivity contribution in [1.29, 1.82) is 0 Å². The van der Waals surface area contributed by atoms with Gasteiger partial charge in [0.05, 0.1) is 7.11 Å². The molecular weight excluding hydrogens is 653 g/mol. The average Bonchev–Trinajstić information content (AvgIpc) is 3.94. The van der Waals surface area contributed by atoms with Gasteiger partial charge in [-0.15, -0.1) is 11.3 Å². The molecule has 1 heterocycles. The first-order valence-corrected chi connectivity index (χ1v) is 20.4. The van der Waals surface area contributed by atoms with Crippen LogP contribution in [0.25, 0.3) is 92.3 Å². The summed E-state index contributed by atoms with van der Waals surface area (Å²) >= 11 is 1.99. The fraction of sp³-hybridized carbons (Fsp3) is 0.245. The van der Waals surface area contributed by atoms with Crippen molar-refractivity contribution in [2.45, 2.75) is 55.3 Å². The van der Waals surface area contributed by atoms with Crippen LogP contribution in [0.1, 0.15) is 74.6 Å². The highest BCUT2D eigenvalue weighted by molar-refractivity contribution is 7.10. The molecule has 3 heteroatoms. The van der Waals surface area contributed by atoms with Crippen LogP contribution in [0.3, 0.4) is 0 Å². The van der Waals surface area contributed by atoms with Gasteiger partial charge in [0.1, 0.15) is 0 Å². The summed E-state index contributed by atoms with van der Waals surface area (Å²) in [6.07, 6.45) is 11.1. The Morgan fingerprint density at radius 1 is 0.750 bits per heavy atom. The van der Waals surface area contributed by atoms with Crippen molar-refractivity contribution in [3.8, 4) is 0 Å². The van der Waals surface area contributed by atoms with Crippen LogP contribution in [0.4, 0.5) is 0 Å². The van der Waals surface area contributed by atoms with Crippen molar-refractivity contribution in [2.75, 3.05) is 7.11 Å². The summed E-state index contributed by atoms with van der Waals surface area (Å²) in [6.45, 7) is 0. The van der Waals surface area contributed by atoms with Gasteiger partial charge in [-0.3, -0.25) is 4.79 Å². The molecule has 0 bridgehead atoms. The molecule has 0 N–H and O–H groups in total. The lowest BCUT2D eigenvalue weighted by Crippen LogP contribution is -2.36. The van der Waals surface area contributed by atoms with Crippen molar-refractivity contribution >= 4 is 110 Å². The summed E-state index contributed by atoms with van der Waals surface area (Å²) in [5, 5.41) is 29.6. The Balaban J connectivity index is 1.19. The van der Waals surface area contributed by atoms with E-state index in [-0.39, 0.29) is 22.2 Å². The molecule has 2 spiro atoms. The first-order chi connectivity index (χ1) is 25.6. The molecule has 0 radical (unpaired) electrons. The molecular formula is C49H26O2S. The highest BCUT2D eigenvalue weighted by Gasteiger charge is 2.96. The summed E-state index contributed by atoms with van der Waals surface area (Å²) < 4.78 is 5.28. The van der Waals surface area contributed by atoms with Crippen LogP contribution >= 0.6 is 11.3 Å². The highest BCUT2D eigenvalue weighted by Crippen LogP contribution is 2.97. The minimum absolute atomic E-state index is 0.0201. The Labute approximate surface area is 299 Å². The van der Waals surface area contributed by atoms with E-state index in [1.54, 1.807) is 143 Å². The summed E-state index contributed by atoms with van der Waals surface area (Å²) in [6, 6.07) is 15.4. The number of hydrogen-bond donors (Lipinski definition) is 0. The van der Waals surface area contributed by atoms with Crippen molar-refractivity contribution in [3.63, 3.8) is 0 Å². The van der Waals surface area contributed by atoms with E-state index in [4.69, 9.17) is 4.74 Å². The Bertz CT molecular complexity index is 3710. The SMILES string of the molecule is COC(=O)CCCC1(c2cccs2)C23C4=CC5Cc6cc7c8c9c(cc%10c%11c%12c%13c(cc%14cc(c%15c(c%16c(c%17c(c6c8c%17c(c9%11)c%16%12)C512)C%153)c%14%13)=C4)C%10)C7. The van der Waals surface area contributed by atoms with E-state index < -0.39 is 0 Å². The number of allylic oxidation sites excluding steroid dienone is 2. The van der Waals surface area contributed by atoms with Crippen LogP contribution in [-0.4, -0.2) is 13.1 Å². The van der Waals surface area contributed by atoms with Gasteiger partial charge in [-0.1, -0.05) is 36.4 Å². The average molecular weight is 679 g/mol. The smallest absolute Gasteiger partial charge is 0.305 e. The lowest BCUT2D eigenvalue weighted by atomic mass is 9.62. The maximum absolute atomic E-state index is 12.8. The minimum atomic E-state index is -0.0753. The van der Waals surface area contributed by atoms with E-state index in [2.05, 4.69) is 53.9 Å². The van der Waals surface area contributed by atoms with Gasteiger partial charge in [-0.25, -0.2) is 0 Å². The Morgan fingerprint density at radius 2 is 1.44 bits per heavy atom. The molecule has 9 aromatic carbocycles. The van der Waals surface area contributed by atoms with Gasteiger partial charge in [0, 0.05) is 33.5 Å². The Morgan fingerprint density at radius 3 is 2.25 bits per heavy atom. The van der Waals surface area contributed by atoms with Gasteiger partial charge in [-0.2, -0.15) is 0 Å². The molecule has 5 atom stereocenters. The van der Waals surface area contributed by atoms with E-state index in [1.807, 2.05) is 11.3 Å². The standard InChI is InChI=1S/C49H26O2S/c1-51-27(50)5-2-6-47(26-4-3-7-52-26)48-24-14-22-12-19-8-17-10-21-11-18-9-20-13-23-15-25(16-24)49(47,48)46-34(23)38-31(20)29(18)36-32(21)35-28(17)30(19)37-33(22)45(48)43-41(37)39(35)40(36)42(38)44(43)46/h3-4,7-8,11-14,16,25,45H,2,5-6,9-10,15H2,1H3. The first kappa shape index (κ1) is 24.3. The molecule has 0 aliphatic heterocycles. The van der Waals surface area contributed by atoms with Crippen LogP contribution in [0, 0.1) is 11.3 Å². The van der Waals surface area contributed by atoms with Crippen LogP contribution in [-0.2, 0) is 39.6 Å². The molecule has 8 aliphatic carbocycles. The number of carbonyl (C=O) groups is 1. The maximum atomic E-state index is 12.8. The van der Waals surface area contributed by atoms with Crippen LogP contribution in [0.5, 0.6) is 0 Å². The second-order valence-corrected chi connectivity index (χ2v) is 19.2. The molecule has 0 saturated heterocycles. The van der Waals surface area contributed by atoms with E-state index in [9.17, 15) is 4.79 Å². The van der Waals surface area contributed by atoms with Gasteiger partial charge in [0.2, 0.25) is 0 Å². The Hall–Kier alpha value is -4.99. The van der Waals surface area contributed by atoms with Gasteiger partial charge in [0.15, 0.2) is 0 Å². The van der Waals surface area contributed by atoms with Gasteiger partial charge < -0.3 is 4.74 Å². The van der Waals surface area contributed by atoms with Crippen molar-refractivity contribution < 1.29 is 9.53 Å². The monoisotopic (exact) mass is 678 g/mol. The number of thiophene rings is 1. The molecule has 52 heavy (non-hydrogen) atoms. The van der Waals surface area contributed by atoms with Crippen molar-refractivity contribution in [3.05, 3.63) is 108 Å². The highest BCUT2D eigenvalue weighted by atomic mass is 32.1. The van der Waals surface area contributed by atoms with Gasteiger partial charge in [-0.05, 0) is 197 Å². The number of hydrogen-bond acceptors (Lipinski definition) is 3. The molecule has 10 aromatic rings. The molecule has 0 amide bonds. The third-order valence-electron chi connectivity index (χ3n) is 17.4. The van der Waals surface area contributed by atoms with E-state index in [1.165, 1.54) is 10.6 Å². The Kier molecular flexibility index (Phi) is 3.02. The third kappa shape index (κ3) is 1.71. The first-order valence-electron chi connectivity index (χ1n) is 19.5. The normalized spacial score (nSPS) is 29.4. The molecule has 5 unspecified atom stereocenters. The van der Waals surface area contributed by atoms with E-state index in [0.29, 0.717) is 18.3 Å². The van der Waals surface area contributed by atoms with Crippen molar-refractivity contribution in [1.82, 2.24) is 0 Å². The van der Waals surface area contributed by atoms with Crippen LogP contribution in [0.2, 0.25) is 0 Å². The fourth-order valence-corrected chi connectivity index (χ4v) is 18.1. The number of ether oxygens (including phenoxy) is 1. The second-order valence-electron chi connectivity index (χ2n) is 18.2. The number of benzene rings is 6. The predicted octanol–water partition coefficient (Wildman–Crippen LogP) is 10.1. The largest absolute Gasteiger partial charge is 0.469 e. The number of carbonyl (C=O) groups excluding carboxylic acids is 1. The van der Waals surface area contributed by atoms with Crippen molar-refractivity contribution in [2.24, 2.45) is 11.3 Å². The maximum Gasteiger partial charge on any atom is 0.305 e. The second kappa shape index (κ2) is 6.47. The number of methoxy groups -OCH3 is 1. The zero-order valence-electron chi connectivity index (χ0n) is 28.3. The number of rotatable bonds is 5. The zero-order valence-corrected chi connectivity index (χ0v) is 29.1. The third-order valence-corrected chi connectivity index (χ3v) is 18.5. The molecule has 18 rings (SSSR count). The lowest BCUT2D eigenvalue weighted by molar-refractivity contribution is -0.140. The predicted molar refractivity (Wildman–Crippen MR) is 210 cm³/mol. The fourth-order valence-electron chi connectivity index (χ4n) is 17.0. The summed E-state index contributed by atoms with van der Waals surface area (Å²) in [7, 11) is 1.55. The molecule has 1 aromatic heterocycles. The summed E-state index contributed by atoms with van der Waals surface area (Å²) in [5.41, 5.74) is 14.5. The number of esters is 1. The summed E-state index contributed by atoms with van der Waals surface area (Å²) in [4.78, 5) is 14.4. The molecule has 240 valence electrons. The van der Waals surface area contributed by atoms with Crippen LogP contribution in [0.15, 0.2) is 53.4 Å². The lowest BCUT2D eigenvalue weighted by Gasteiger charge is -2.39. The molecule has 1 fully saturated rings. The molecule has 1 saturated carbocycles.